The molecule has 0 aromatic heterocycles. The van der Waals surface area contributed by atoms with E-state index in [1.165, 1.54) is 32.1 Å². The van der Waals surface area contributed by atoms with Crippen molar-refractivity contribution in [2.45, 2.75) is 92.4 Å². The zero-order valence-corrected chi connectivity index (χ0v) is 12.4. The molecule has 2 rings (SSSR count). The summed E-state index contributed by atoms with van der Waals surface area (Å²) in [5.74, 6) is 1.03. The summed E-state index contributed by atoms with van der Waals surface area (Å²) in [7, 11) is 0. The monoisotopic (exact) mass is 226 g/mol. The summed E-state index contributed by atoms with van der Waals surface area (Å²) >= 11 is 0. The molecule has 0 heteroatoms. The van der Waals surface area contributed by atoms with Gasteiger partial charge in [0, 0.05) is 0 Å². The van der Waals surface area contributed by atoms with Crippen LogP contribution in [-0.4, -0.2) is 0 Å². The van der Waals surface area contributed by atoms with E-state index >= 15 is 0 Å². The molecule has 2 aliphatic rings. The molecule has 0 nitrogen and oxygen atoms in total. The Balaban J connectivity index is 0.000000509. The van der Waals surface area contributed by atoms with Gasteiger partial charge in [-0.3, -0.25) is 0 Å². The van der Waals surface area contributed by atoms with Gasteiger partial charge in [0.2, 0.25) is 0 Å². The molecule has 0 bridgehead atoms. The third-order valence-corrected chi connectivity index (χ3v) is 4.25. The first-order valence-corrected chi connectivity index (χ1v) is 7.81. The quantitative estimate of drug-likeness (QED) is 0.461. The lowest BCUT2D eigenvalue weighted by Crippen LogP contribution is -2.28. The van der Waals surface area contributed by atoms with Crippen molar-refractivity contribution in [2.24, 2.45) is 11.3 Å². The van der Waals surface area contributed by atoms with Gasteiger partial charge in [-0.2, -0.15) is 0 Å². The van der Waals surface area contributed by atoms with E-state index in [0.29, 0.717) is 0 Å². The summed E-state index contributed by atoms with van der Waals surface area (Å²) in [6, 6.07) is 0. The third-order valence-electron chi connectivity index (χ3n) is 4.25. The molecular weight excluding hydrogens is 192 g/mol. The molecular formula is C16H34. The first kappa shape index (κ1) is 16.0. The molecule has 2 fully saturated rings. The number of hydrogen-bond donors (Lipinski definition) is 0. The molecule has 0 aliphatic heterocycles. The van der Waals surface area contributed by atoms with Crippen LogP contribution in [0.1, 0.15) is 92.4 Å². The normalized spacial score (nSPS) is 23.8. The van der Waals surface area contributed by atoms with Crippen molar-refractivity contribution in [3.8, 4) is 0 Å². The maximum Gasteiger partial charge on any atom is -0.0297 e. The van der Waals surface area contributed by atoms with E-state index < -0.39 is 0 Å². The molecule has 0 radical (unpaired) electrons. The highest BCUT2D eigenvalue weighted by atomic mass is 14.4. The van der Waals surface area contributed by atoms with Crippen LogP contribution in [-0.2, 0) is 0 Å². The molecule has 98 valence electrons. The van der Waals surface area contributed by atoms with Gasteiger partial charge in [0.1, 0.15) is 0 Å². The van der Waals surface area contributed by atoms with Crippen LogP contribution in [0.15, 0.2) is 0 Å². The second-order valence-electron chi connectivity index (χ2n) is 5.24. The molecule has 0 aromatic carbocycles. The molecule has 16 heavy (non-hydrogen) atoms. The van der Waals surface area contributed by atoms with Crippen molar-refractivity contribution >= 4 is 0 Å². The molecule has 2 saturated carbocycles. The van der Waals surface area contributed by atoms with Gasteiger partial charge >= 0.3 is 0 Å². The van der Waals surface area contributed by atoms with Crippen molar-refractivity contribution in [2.75, 3.05) is 0 Å². The van der Waals surface area contributed by atoms with Crippen molar-refractivity contribution in [3.05, 3.63) is 0 Å². The Morgan fingerprint density at radius 2 is 1.12 bits per heavy atom. The first-order chi connectivity index (χ1) is 7.81. The lowest BCUT2D eigenvalue weighted by molar-refractivity contribution is 0.102. The van der Waals surface area contributed by atoms with E-state index in [9.17, 15) is 0 Å². The SMILES string of the molecule is CC.CC.CC1CCC2(CCCCC2)CC1. The van der Waals surface area contributed by atoms with Gasteiger partial charge in [-0.25, -0.2) is 0 Å². The minimum atomic E-state index is 0.838. The summed E-state index contributed by atoms with van der Waals surface area (Å²) in [5.41, 5.74) is 0.838. The average molecular weight is 226 g/mol. The Morgan fingerprint density at radius 1 is 0.688 bits per heavy atom. The zero-order chi connectivity index (χ0) is 12.4. The van der Waals surface area contributed by atoms with Crippen molar-refractivity contribution in [1.29, 1.82) is 0 Å². The summed E-state index contributed by atoms with van der Waals surface area (Å²) in [5, 5.41) is 0. The maximum atomic E-state index is 2.43. The van der Waals surface area contributed by atoms with Gasteiger partial charge in [0.25, 0.3) is 0 Å². The minimum Gasteiger partial charge on any atom is -0.0683 e. The summed E-state index contributed by atoms with van der Waals surface area (Å²) in [6.45, 7) is 10.4. The largest absolute Gasteiger partial charge is 0.0683 e. The lowest BCUT2D eigenvalue weighted by atomic mass is 9.63. The topological polar surface area (TPSA) is 0 Å². The van der Waals surface area contributed by atoms with E-state index in [4.69, 9.17) is 0 Å². The molecule has 0 atom stereocenters. The second-order valence-corrected chi connectivity index (χ2v) is 5.24. The Bertz CT molecular complexity index is 132. The average Bonchev–Trinajstić information content (AvgIpc) is 2.39. The predicted octanol–water partition coefficient (Wildman–Crippen LogP) is 6.20. The van der Waals surface area contributed by atoms with Gasteiger partial charge in [-0.05, 0) is 37.0 Å². The molecule has 0 unspecified atom stereocenters. The van der Waals surface area contributed by atoms with Crippen molar-refractivity contribution < 1.29 is 0 Å². The van der Waals surface area contributed by atoms with Crippen LogP contribution in [0.5, 0.6) is 0 Å². The van der Waals surface area contributed by atoms with E-state index in [-0.39, 0.29) is 0 Å². The predicted molar refractivity (Wildman–Crippen MR) is 75.8 cm³/mol. The maximum absolute atomic E-state index is 2.43. The molecule has 1 spiro atoms. The molecule has 0 heterocycles. The standard InChI is InChI=1S/C12H22.2C2H6/c1-11-5-9-12(10-6-11)7-3-2-4-8-12;2*1-2/h11H,2-10H2,1H3;2*1-2H3. The van der Waals surface area contributed by atoms with Crippen molar-refractivity contribution in [1.82, 2.24) is 0 Å². The van der Waals surface area contributed by atoms with E-state index in [1.807, 2.05) is 27.7 Å². The lowest BCUT2D eigenvalue weighted by Gasteiger charge is -2.42. The van der Waals surface area contributed by atoms with Gasteiger partial charge in [-0.1, -0.05) is 66.7 Å². The Kier molecular flexibility index (Phi) is 9.07. The first-order valence-electron chi connectivity index (χ1n) is 7.81. The van der Waals surface area contributed by atoms with E-state index in [0.717, 1.165) is 11.3 Å². The summed E-state index contributed by atoms with van der Waals surface area (Å²) in [6.07, 6.45) is 13.8. The molecule has 0 saturated heterocycles. The Morgan fingerprint density at radius 3 is 1.56 bits per heavy atom. The fourth-order valence-corrected chi connectivity index (χ4v) is 3.18. The number of hydrogen-bond acceptors (Lipinski definition) is 0. The smallest absolute Gasteiger partial charge is 0.0297 e. The second kappa shape index (κ2) is 9.07. The summed E-state index contributed by atoms with van der Waals surface area (Å²) in [4.78, 5) is 0. The van der Waals surface area contributed by atoms with Crippen LogP contribution in [0.3, 0.4) is 0 Å². The van der Waals surface area contributed by atoms with E-state index in [2.05, 4.69) is 6.92 Å². The van der Waals surface area contributed by atoms with Crippen LogP contribution in [0.2, 0.25) is 0 Å². The molecule has 0 aromatic rings. The highest BCUT2D eigenvalue weighted by Gasteiger charge is 2.34. The molecule has 2 aliphatic carbocycles. The zero-order valence-electron chi connectivity index (χ0n) is 12.4. The van der Waals surface area contributed by atoms with Crippen LogP contribution in [0, 0.1) is 11.3 Å². The highest BCUT2D eigenvalue weighted by Crippen LogP contribution is 2.48. The Labute approximate surface area is 104 Å². The van der Waals surface area contributed by atoms with Gasteiger partial charge in [0.15, 0.2) is 0 Å². The number of rotatable bonds is 0. The Hall–Kier alpha value is 0. The van der Waals surface area contributed by atoms with Crippen LogP contribution in [0.4, 0.5) is 0 Å². The minimum absolute atomic E-state index is 0.838. The molecule has 0 N–H and O–H groups in total. The molecule has 0 amide bonds. The van der Waals surface area contributed by atoms with Gasteiger partial charge in [-0.15, -0.1) is 0 Å². The fraction of sp³-hybridized carbons (Fsp3) is 1.00. The summed E-state index contributed by atoms with van der Waals surface area (Å²) < 4.78 is 0. The van der Waals surface area contributed by atoms with E-state index in [1.54, 1.807) is 25.7 Å². The van der Waals surface area contributed by atoms with Gasteiger partial charge < -0.3 is 0 Å². The fourth-order valence-electron chi connectivity index (χ4n) is 3.18. The highest BCUT2D eigenvalue weighted by molar-refractivity contribution is 4.86. The van der Waals surface area contributed by atoms with Crippen molar-refractivity contribution in [3.63, 3.8) is 0 Å². The van der Waals surface area contributed by atoms with Crippen LogP contribution >= 0.6 is 0 Å². The van der Waals surface area contributed by atoms with Crippen LogP contribution in [0.25, 0.3) is 0 Å². The van der Waals surface area contributed by atoms with Gasteiger partial charge in [0.05, 0.1) is 0 Å². The third kappa shape index (κ3) is 4.89. The van der Waals surface area contributed by atoms with Crippen LogP contribution < -0.4 is 0 Å².